The lowest BCUT2D eigenvalue weighted by atomic mass is 9.87. The Bertz CT molecular complexity index is 499. The normalized spacial score (nSPS) is 12.4. The first-order valence-corrected chi connectivity index (χ1v) is 8.51. The largest absolute Gasteiger partial charge is 0.444 e. The standard InChI is InChI=1S/C18H33N3O4/c1-13(17(2,3)4)11-14(22)19-9-8-10-20-15(23)12-21-16(24)25-18(5,6)7/h11H,8-10,12H2,1-7H3,(H,19,22)(H,20,23)(H,21,24)/b13-11+. The predicted octanol–water partition coefficient (Wildman–Crippen LogP) is 2.13. The zero-order chi connectivity index (χ0) is 19.7. The fraction of sp³-hybridized carbons (Fsp3) is 0.722. The maximum Gasteiger partial charge on any atom is 0.408 e. The molecule has 0 aliphatic carbocycles. The molecule has 3 N–H and O–H groups in total. The first-order chi connectivity index (χ1) is 11.3. The van der Waals surface area contributed by atoms with Crippen LogP contribution in [0.1, 0.15) is 54.9 Å². The van der Waals surface area contributed by atoms with Crippen molar-refractivity contribution in [3.05, 3.63) is 11.6 Å². The van der Waals surface area contributed by atoms with E-state index in [1.807, 2.05) is 27.7 Å². The van der Waals surface area contributed by atoms with E-state index in [0.717, 1.165) is 5.57 Å². The molecule has 0 aromatic rings. The lowest BCUT2D eigenvalue weighted by molar-refractivity contribution is -0.120. The average molecular weight is 355 g/mol. The number of nitrogens with one attached hydrogen (secondary N) is 3. The smallest absolute Gasteiger partial charge is 0.408 e. The molecule has 0 saturated carbocycles. The van der Waals surface area contributed by atoms with Crippen LogP contribution in [0.3, 0.4) is 0 Å². The minimum atomic E-state index is -0.629. The van der Waals surface area contributed by atoms with Crippen molar-refractivity contribution >= 4 is 17.9 Å². The van der Waals surface area contributed by atoms with Crippen LogP contribution in [0.25, 0.3) is 0 Å². The first-order valence-electron chi connectivity index (χ1n) is 8.51. The van der Waals surface area contributed by atoms with Gasteiger partial charge in [-0.15, -0.1) is 0 Å². The number of rotatable bonds is 7. The zero-order valence-corrected chi connectivity index (χ0v) is 16.5. The Kier molecular flexibility index (Phi) is 9.23. The first kappa shape index (κ1) is 22.9. The summed E-state index contributed by atoms with van der Waals surface area (Å²) in [4.78, 5) is 34.7. The van der Waals surface area contributed by atoms with Crippen molar-refractivity contribution in [3.8, 4) is 0 Å². The van der Waals surface area contributed by atoms with Gasteiger partial charge in [-0.3, -0.25) is 9.59 Å². The van der Waals surface area contributed by atoms with E-state index in [2.05, 4.69) is 16.0 Å². The SMILES string of the molecule is C/C(=C\C(=O)NCCCNC(=O)CNC(=O)OC(C)(C)C)C(C)(C)C. The van der Waals surface area contributed by atoms with Gasteiger partial charge in [0, 0.05) is 19.2 Å². The van der Waals surface area contributed by atoms with Crippen LogP contribution < -0.4 is 16.0 Å². The molecule has 3 amide bonds. The maximum atomic E-state index is 11.8. The lowest BCUT2D eigenvalue weighted by Crippen LogP contribution is -2.40. The number of hydrogen-bond donors (Lipinski definition) is 3. The Hall–Kier alpha value is -2.05. The van der Waals surface area contributed by atoms with Crippen LogP contribution >= 0.6 is 0 Å². The zero-order valence-electron chi connectivity index (χ0n) is 16.5. The van der Waals surface area contributed by atoms with Crippen molar-refractivity contribution < 1.29 is 19.1 Å². The van der Waals surface area contributed by atoms with E-state index >= 15 is 0 Å². The summed E-state index contributed by atoms with van der Waals surface area (Å²) in [5.74, 6) is -0.439. The van der Waals surface area contributed by atoms with Crippen LogP contribution in [0.2, 0.25) is 0 Å². The molecule has 0 fully saturated rings. The molecule has 144 valence electrons. The van der Waals surface area contributed by atoms with Gasteiger partial charge >= 0.3 is 6.09 Å². The Morgan fingerprint density at radius 3 is 2.00 bits per heavy atom. The maximum absolute atomic E-state index is 11.8. The number of ether oxygens (including phenoxy) is 1. The van der Waals surface area contributed by atoms with Crippen LogP contribution in [-0.4, -0.2) is 43.1 Å². The molecule has 0 aromatic carbocycles. The second-order valence-corrected chi connectivity index (χ2v) is 7.93. The molecule has 0 unspecified atom stereocenters. The van der Waals surface area contributed by atoms with Gasteiger partial charge < -0.3 is 20.7 Å². The number of carbonyl (C=O) groups excluding carboxylic acids is 3. The molecule has 0 spiro atoms. The van der Waals surface area contributed by atoms with Gasteiger partial charge in [0.15, 0.2) is 0 Å². The van der Waals surface area contributed by atoms with Crippen molar-refractivity contribution in [2.75, 3.05) is 19.6 Å². The summed E-state index contributed by atoms with van der Waals surface area (Å²) in [5, 5.41) is 7.83. The van der Waals surface area contributed by atoms with E-state index in [9.17, 15) is 14.4 Å². The third kappa shape index (κ3) is 13.0. The summed E-state index contributed by atoms with van der Waals surface area (Å²) >= 11 is 0. The monoisotopic (exact) mass is 355 g/mol. The number of amides is 3. The average Bonchev–Trinajstić information content (AvgIpc) is 2.41. The van der Waals surface area contributed by atoms with Crippen molar-refractivity contribution in [3.63, 3.8) is 0 Å². The Labute approximate surface area is 151 Å². The van der Waals surface area contributed by atoms with E-state index < -0.39 is 11.7 Å². The molecule has 0 radical (unpaired) electrons. The van der Waals surface area contributed by atoms with E-state index in [-0.39, 0.29) is 23.8 Å². The van der Waals surface area contributed by atoms with Crippen LogP contribution in [0.4, 0.5) is 4.79 Å². The molecule has 7 heteroatoms. The summed E-state index contributed by atoms with van der Waals surface area (Å²) in [6.45, 7) is 14.1. The van der Waals surface area contributed by atoms with Gasteiger partial charge in [0.1, 0.15) is 5.60 Å². The van der Waals surface area contributed by atoms with Crippen molar-refractivity contribution in [2.45, 2.75) is 60.5 Å². The van der Waals surface area contributed by atoms with Gasteiger partial charge in [-0.25, -0.2) is 4.79 Å². The Balaban J connectivity index is 3.87. The fourth-order valence-corrected chi connectivity index (χ4v) is 1.52. The molecular formula is C18H33N3O4. The molecular weight excluding hydrogens is 322 g/mol. The van der Waals surface area contributed by atoms with Gasteiger partial charge in [-0.1, -0.05) is 26.3 Å². The Morgan fingerprint density at radius 1 is 0.920 bits per heavy atom. The van der Waals surface area contributed by atoms with Gasteiger partial charge in [0.2, 0.25) is 11.8 Å². The van der Waals surface area contributed by atoms with Crippen molar-refractivity contribution in [1.82, 2.24) is 16.0 Å². The highest BCUT2D eigenvalue weighted by molar-refractivity contribution is 5.88. The lowest BCUT2D eigenvalue weighted by Gasteiger charge is -2.19. The number of alkyl carbamates (subject to hydrolysis) is 1. The highest BCUT2D eigenvalue weighted by Crippen LogP contribution is 2.23. The van der Waals surface area contributed by atoms with Crippen LogP contribution in [0.5, 0.6) is 0 Å². The topological polar surface area (TPSA) is 96.5 Å². The Morgan fingerprint density at radius 2 is 1.48 bits per heavy atom. The molecule has 0 aliphatic rings. The van der Waals surface area contributed by atoms with E-state index in [1.165, 1.54) is 0 Å². The summed E-state index contributed by atoms with van der Waals surface area (Å²) in [6, 6.07) is 0. The number of carbonyl (C=O) groups is 3. The highest BCUT2D eigenvalue weighted by atomic mass is 16.6. The second kappa shape index (κ2) is 10.1. The van der Waals surface area contributed by atoms with Crippen LogP contribution in [-0.2, 0) is 14.3 Å². The predicted molar refractivity (Wildman–Crippen MR) is 98.1 cm³/mol. The number of allylic oxidation sites excluding steroid dienone is 1. The van der Waals surface area contributed by atoms with E-state index in [1.54, 1.807) is 26.8 Å². The molecule has 0 bridgehead atoms. The minimum absolute atomic E-state index is 0.0353. The molecule has 7 nitrogen and oxygen atoms in total. The summed E-state index contributed by atoms with van der Waals surface area (Å²) in [7, 11) is 0. The summed E-state index contributed by atoms with van der Waals surface area (Å²) < 4.78 is 5.03. The van der Waals surface area contributed by atoms with E-state index in [4.69, 9.17) is 4.74 Å². The second-order valence-electron chi connectivity index (χ2n) is 7.93. The van der Waals surface area contributed by atoms with Gasteiger partial charge in [-0.2, -0.15) is 0 Å². The fourth-order valence-electron chi connectivity index (χ4n) is 1.52. The molecule has 0 heterocycles. The summed E-state index contributed by atoms with van der Waals surface area (Å²) in [6.07, 6.45) is 1.58. The van der Waals surface area contributed by atoms with Gasteiger partial charge in [0.25, 0.3) is 0 Å². The molecule has 0 saturated heterocycles. The molecule has 0 rings (SSSR count). The molecule has 0 aliphatic heterocycles. The third-order valence-corrected chi connectivity index (χ3v) is 3.30. The van der Waals surface area contributed by atoms with Crippen molar-refractivity contribution in [1.29, 1.82) is 0 Å². The van der Waals surface area contributed by atoms with Crippen molar-refractivity contribution in [2.24, 2.45) is 5.41 Å². The van der Waals surface area contributed by atoms with Crippen LogP contribution in [0, 0.1) is 5.41 Å². The number of hydrogen-bond acceptors (Lipinski definition) is 4. The quantitative estimate of drug-likeness (QED) is 0.481. The van der Waals surface area contributed by atoms with Crippen LogP contribution in [0.15, 0.2) is 11.6 Å². The molecule has 0 atom stereocenters. The van der Waals surface area contributed by atoms with Gasteiger partial charge in [-0.05, 0) is 39.5 Å². The summed E-state index contributed by atoms with van der Waals surface area (Å²) in [5.41, 5.74) is 0.372. The van der Waals surface area contributed by atoms with Gasteiger partial charge in [0.05, 0.1) is 6.54 Å². The molecule has 0 aromatic heterocycles. The van der Waals surface area contributed by atoms with E-state index in [0.29, 0.717) is 19.5 Å². The highest BCUT2D eigenvalue weighted by Gasteiger charge is 2.16. The minimum Gasteiger partial charge on any atom is -0.444 e. The third-order valence-electron chi connectivity index (χ3n) is 3.30. The molecule has 25 heavy (non-hydrogen) atoms.